The van der Waals surface area contributed by atoms with Crippen LogP contribution in [0.4, 0.5) is 14.7 Å². The number of benzene rings is 1. The van der Waals surface area contributed by atoms with E-state index in [9.17, 15) is 8.78 Å². The van der Waals surface area contributed by atoms with Gasteiger partial charge >= 0.3 is 0 Å². The van der Waals surface area contributed by atoms with Crippen LogP contribution in [0.2, 0.25) is 0 Å². The van der Waals surface area contributed by atoms with E-state index >= 15 is 0 Å². The van der Waals surface area contributed by atoms with Crippen molar-refractivity contribution in [1.29, 1.82) is 0 Å². The van der Waals surface area contributed by atoms with Gasteiger partial charge in [-0.25, -0.2) is 18.7 Å². The van der Waals surface area contributed by atoms with Crippen LogP contribution in [0.25, 0.3) is 5.70 Å². The van der Waals surface area contributed by atoms with Gasteiger partial charge in [0.15, 0.2) is 0 Å². The molecule has 0 bridgehead atoms. The first-order valence-electron chi connectivity index (χ1n) is 10.5. The number of nitrogen functional groups attached to an aromatic ring is 1. The minimum atomic E-state index is -0.698. The van der Waals surface area contributed by atoms with Crippen LogP contribution in [-0.2, 0) is 0 Å². The topological polar surface area (TPSA) is 104 Å². The van der Waals surface area contributed by atoms with E-state index in [1.54, 1.807) is 12.3 Å². The van der Waals surface area contributed by atoms with Crippen LogP contribution in [0.1, 0.15) is 62.3 Å². The first kappa shape index (κ1) is 21.3. The zero-order chi connectivity index (χ0) is 22.6. The van der Waals surface area contributed by atoms with Crippen molar-refractivity contribution in [3.63, 3.8) is 0 Å². The number of fused-ring (bicyclic) bond motifs is 1. The van der Waals surface area contributed by atoms with Crippen molar-refractivity contribution in [2.45, 2.75) is 52.4 Å². The molecule has 31 heavy (non-hydrogen) atoms. The Kier molecular flexibility index (Phi) is 5.03. The number of anilines is 1. The molecule has 6 N–H and O–H groups in total. The van der Waals surface area contributed by atoms with Gasteiger partial charge in [0.25, 0.3) is 0 Å². The molecule has 164 valence electrons. The third kappa shape index (κ3) is 3.66. The Hall–Kier alpha value is -2.96. The van der Waals surface area contributed by atoms with Crippen LogP contribution in [0.3, 0.4) is 0 Å². The Bertz CT molecular complexity index is 1090. The molecule has 7 heteroatoms. The number of hydrogen-bond donors (Lipinski definition) is 3. The van der Waals surface area contributed by atoms with E-state index < -0.39 is 11.6 Å². The first-order valence-corrected chi connectivity index (χ1v) is 10.5. The molecule has 1 heterocycles. The lowest BCUT2D eigenvalue weighted by Crippen LogP contribution is -2.24. The number of aryl methyl sites for hydroxylation is 1. The molecule has 1 aromatic heterocycles. The van der Waals surface area contributed by atoms with E-state index in [-0.39, 0.29) is 34.0 Å². The summed E-state index contributed by atoms with van der Waals surface area (Å²) in [6.45, 7) is 6.51. The zero-order valence-corrected chi connectivity index (χ0v) is 18.2. The third-order valence-corrected chi connectivity index (χ3v) is 7.40. The average molecular weight is 426 g/mol. The van der Waals surface area contributed by atoms with Gasteiger partial charge in [0.2, 0.25) is 5.95 Å². The molecule has 1 fully saturated rings. The highest BCUT2D eigenvalue weighted by atomic mass is 19.1. The summed E-state index contributed by atoms with van der Waals surface area (Å²) in [6.07, 6.45) is 6.84. The van der Waals surface area contributed by atoms with Crippen molar-refractivity contribution in [1.82, 2.24) is 9.97 Å². The van der Waals surface area contributed by atoms with E-state index in [0.717, 1.165) is 36.1 Å². The SMILES string of the molecule is Cc1cnc(N)nc1C1CC2(C)CC2(C)CCC(/C=C(\N)c2c(F)cccc2F)=C\1N. The fourth-order valence-electron chi connectivity index (χ4n) is 5.12. The summed E-state index contributed by atoms with van der Waals surface area (Å²) in [6, 6.07) is 3.71. The lowest BCUT2D eigenvalue weighted by atomic mass is 9.76. The van der Waals surface area contributed by atoms with Gasteiger partial charge in [-0.1, -0.05) is 19.9 Å². The largest absolute Gasteiger partial charge is 0.401 e. The van der Waals surface area contributed by atoms with Gasteiger partial charge in [-0.15, -0.1) is 0 Å². The molecule has 0 saturated heterocycles. The summed E-state index contributed by atoms with van der Waals surface area (Å²) in [5.74, 6) is -1.38. The van der Waals surface area contributed by atoms with Gasteiger partial charge in [0.1, 0.15) is 11.6 Å². The van der Waals surface area contributed by atoms with Gasteiger partial charge in [0, 0.05) is 23.5 Å². The predicted molar refractivity (Wildman–Crippen MR) is 118 cm³/mol. The van der Waals surface area contributed by atoms with Crippen LogP contribution in [-0.4, -0.2) is 9.97 Å². The molecule has 2 aliphatic rings. The number of allylic oxidation sites excluding steroid dienone is 3. The first-order chi connectivity index (χ1) is 14.5. The van der Waals surface area contributed by atoms with Crippen molar-refractivity contribution < 1.29 is 8.78 Å². The maximum atomic E-state index is 14.3. The van der Waals surface area contributed by atoms with Crippen LogP contribution in [0, 0.1) is 29.4 Å². The summed E-state index contributed by atoms with van der Waals surface area (Å²) < 4.78 is 28.6. The minimum Gasteiger partial charge on any atom is -0.401 e. The van der Waals surface area contributed by atoms with Crippen molar-refractivity contribution in [2.24, 2.45) is 22.3 Å². The van der Waals surface area contributed by atoms with Crippen LogP contribution < -0.4 is 17.2 Å². The van der Waals surface area contributed by atoms with Gasteiger partial charge in [-0.05, 0) is 72.8 Å². The predicted octanol–water partition coefficient (Wildman–Crippen LogP) is 4.54. The molecule has 1 aromatic carbocycles. The molecular weight excluding hydrogens is 396 g/mol. The lowest BCUT2D eigenvalue weighted by Gasteiger charge is -2.30. The highest BCUT2D eigenvalue weighted by Gasteiger charge is 2.61. The highest BCUT2D eigenvalue weighted by Crippen LogP contribution is 2.70. The van der Waals surface area contributed by atoms with Gasteiger partial charge in [-0.2, -0.15) is 0 Å². The van der Waals surface area contributed by atoms with Crippen LogP contribution in [0.15, 0.2) is 41.7 Å². The molecule has 0 amide bonds. The summed E-state index contributed by atoms with van der Waals surface area (Å²) in [7, 11) is 0. The average Bonchev–Trinajstić information content (AvgIpc) is 3.23. The number of rotatable bonds is 3. The third-order valence-electron chi connectivity index (χ3n) is 7.40. The Morgan fingerprint density at radius 3 is 2.52 bits per heavy atom. The molecule has 2 aliphatic carbocycles. The summed E-state index contributed by atoms with van der Waals surface area (Å²) >= 11 is 0. The van der Waals surface area contributed by atoms with Gasteiger partial charge in [-0.3, -0.25) is 0 Å². The molecule has 2 aromatic rings. The number of hydrogen-bond acceptors (Lipinski definition) is 5. The van der Waals surface area contributed by atoms with Crippen molar-refractivity contribution in [3.8, 4) is 0 Å². The maximum Gasteiger partial charge on any atom is 0.220 e. The molecule has 5 nitrogen and oxygen atoms in total. The number of halogens is 2. The summed E-state index contributed by atoms with van der Waals surface area (Å²) in [4.78, 5) is 8.59. The monoisotopic (exact) mass is 425 g/mol. The second-order valence-corrected chi connectivity index (χ2v) is 9.53. The second-order valence-electron chi connectivity index (χ2n) is 9.53. The minimum absolute atomic E-state index is 0.0236. The van der Waals surface area contributed by atoms with E-state index in [2.05, 4.69) is 23.8 Å². The molecule has 0 spiro atoms. The van der Waals surface area contributed by atoms with Gasteiger partial charge in [0.05, 0.1) is 11.3 Å². The van der Waals surface area contributed by atoms with Gasteiger partial charge < -0.3 is 17.2 Å². The Morgan fingerprint density at radius 1 is 1.16 bits per heavy atom. The van der Waals surface area contributed by atoms with E-state index in [1.807, 2.05) is 6.92 Å². The highest BCUT2D eigenvalue weighted by molar-refractivity contribution is 5.67. The van der Waals surface area contributed by atoms with Crippen LogP contribution >= 0.6 is 0 Å². The van der Waals surface area contributed by atoms with E-state index in [0.29, 0.717) is 12.1 Å². The fourth-order valence-corrected chi connectivity index (χ4v) is 5.12. The molecule has 0 radical (unpaired) electrons. The standard InChI is InChI=1S/C24H29F2N5/c1-13-11-30-22(29)31-21(13)15-10-24(3)12-23(24,2)8-7-14(20(15)28)9-18(27)19-16(25)5-4-6-17(19)26/h4-6,9,11,15H,7-8,10,12,27-28H2,1-3H3,(H2,29,30,31)/b18-9-,20-14-. The zero-order valence-electron chi connectivity index (χ0n) is 18.2. The number of nitrogens with two attached hydrogens (primary N) is 3. The molecule has 4 rings (SSSR count). The van der Waals surface area contributed by atoms with E-state index in [4.69, 9.17) is 17.2 Å². The Morgan fingerprint density at radius 2 is 1.84 bits per heavy atom. The van der Waals surface area contributed by atoms with Crippen LogP contribution in [0.5, 0.6) is 0 Å². The van der Waals surface area contributed by atoms with Crippen molar-refractivity contribution >= 4 is 11.6 Å². The quantitative estimate of drug-likeness (QED) is 0.670. The number of aromatic nitrogens is 2. The summed E-state index contributed by atoms with van der Waals surface area (Å²) in [5, 5.41) is 0. The smallest absolute Gasteiger partial charge is 0.220 e. The van der Waals surface area contributed by atoms with Crippen molar-refractivity contribution in [2.75, 3.05) is 5.73 Å². The Balaban J connectivity index is 1.84. The van der Waals surface area contributed by atoms with Crippen molar-refractivity contribution in [3.05, 3.63) is 70.2 Å². The molecular formula is C24H29F2N5. The second kappa shape index (κ2) is 7.32. The number of nitrogens with zero attached hydrogens (tertiary/aromatic N) is 2. The molecule has 1 saturated carbocycles. The normalized spacial score (nSPS) is 31.0. The fraction of sp³-hybridized carbons (Fsp3) is 0.417. The van der Waals surface area contributed by atoms with E-state index in [1.165, 1.54) is 18.2 Å². The lowest BCUT2D eigenvalue weighted by molar-refractivity contribution is 0.320. The molecule has 3 unspecified atom stereocenters. The maximum absolute atomic E-state index is 14.3. The molecule has 0 aliphatic heterocycles. The Labute approximate surface area is 181 Å². The summed E-state index contributed by atoms with van der Waals surface area (Å²) in [5.41, 5.74) is 22.0. The molecule has 3 atom stereocenters.